The summed E-state index contributed by atoms with van der Waals surface area (Å²) in [6, 6.07) is 14.0. The predicted octanol–water partition coefficient (Wildman–Crippen LogP) is 4.67. The lowest BCUT2D eigenvalue weighted by Crippen LogP contribution is -2.33. The number of hydrogen-bond donors (Lipinski definition) is 0. The normalized spacial score (nSPS) is 11.7. The van der Waals surface area contributed by atoms with E-state index in [0.29, 0.717) is 11.6 Å². The number of rotatable bonds is 10. The van der Waals surface area contributed by atoms with Gasteiger partial charge in [0.15, 0.2) is 0 Å². The second-order valence-corrected chi connectivity index (χ2v) is 9.28. The van der Waals surface area contributed by atoms with Crippen molar-refractivity contribution in [1.29, 1.82) is 0 Å². The molecule has 0 radical (unpaired) electrons. The van der Waals surface area contributed by atoms with E-state index in [1.165, 1.54) is 60.5 Å². The maximum Gasteiger partial charge on any atom is 0.416 e. The van der Waals surface area contributed by atoms with Gasteiger partial charge >= 0.3 is 16.3 Å². The second-order valence-electron chi connectivity index (χ2n) is 7.73. The lowest BCUT2D eigenvalue weighted by molar-refractivity contribution is -0.384. The van der Waals surface area contributed by atoms with Gasteiger partial charge < -0.3 is 13.8 Å². The van der Waals surface area contributed by atoms with Crippen LogP contribution < -0.4 is 4.18 Å². The number of methoxy groups -OCH3 is 1. The molecule has 3 aromatic carbocycles. The number of nitro benzene ring substituents is 1. The third-order valence-electron chi connectivity index (χ3n) is 5.13. The van der Waals surface area contributed by atoms with Crippen LogP contribution in [0.25, 0.3) is 0 Å². The molecule has 0 heterocycles. The number of amides is 1. The number of alkyl halides is 3. The van der Waals surface area contributed by atoms with Crippen LogP contribution in [0.1, 0.15) is 21.5 Å². The smallest absolute Gasteiger partial charge is 0.383 e. The molecule has 0 atom stereocenters. The molecule has 0 spiro atoms. The SMILES string of the molecule is COCCN(Cc1ccc(OS(=O)(=O)c2cccc(C(F)(F)F)c2)cc1)C(=O)c1ccc([N+](=O)[O-])cc1. The monoisotopic (exact) mass is 538 g/mol. The Morgan fingerprint density at radius 3 is 2.24 bits per heavy atom. The molecular formula is C24H21F3N2O7S. The number of hydrogen-bond acceptors (Lipinski definition) is 7. The summed E-state index contributed by atoms with van der Waals surface area (Å²) in [4.78, 5) is 24.0. The maximum absolute atomic E-state index is 13.0. The van der Waals surface area contributed by atoms with Crippen LogP contribution in [0.3, 0.4) is 0 Å². The van der Waals surface area contributed by atoms with E-state index in [9.17, 15) is 36.5 Å². The highest BCUT2D eigenvalue weighted by atomic mass is 32.2. The van der Waals surface area contributed by atoms with Gasteiger partial charge in [-0.05, 0) is 48.0 Å². The van der Waals surface area contributed by atoms with E-state index in [4.69, 9.17) is 8.92 Å². The molecule has 9 nitrogen and oxygen atoms in total. The van der Waals surface area contributed by atoms with E-state index < -0.39 is 37.6 Å². The van der Waals surface area contributed by atoms with E-state index in [-0.39, 0.29) is 36.7 Å². The average Bonchev–Trinajstić information content (AvgIpc) is 2.86. The zero-order valence-electron chi connectivity index (χ0n) is 19.3. The predicted molar refractivity (Wildman–Crippen MR) is 125 cm³/mol. The molecule has 3 rings (SSSR count). The first-order chi connectivity index (χ1) is 17.4. The summed E-state index contributed by atoms with van der Waals surface area (Å²) in [6.07, 6.45) is -4.71. The van der Waals surface area contributed by atoms with Gasteiger partial charge in [0.05, 0.1) is 17.1 Å². The van der Waals surface area contributed by atoms with Gasteiger partial charge in [0.2, 0.25) is 0 Å². The first-order valence-electron chi connectivity index (χ1n) is 10.6. The van der Waals surface area contributed by atoms with Crippen molar-refractivity contribution in [3.63, 3.8) is 0 Å². The van der Waals surface area contributed by atoms with Gasteiger partial charge in [0, 0.05) is 37.9 Å². The lowest BCUT2D eigenvalue weighted by atomic mass is 10.1. The van der Waals surface area contributed by atoms with Crippen LogP contribution >= 0.6 is 0 Å². The third kappa shape index (κ3) is 7.27. The number of nitrogens with zero attached hydrogens (tertiary/aromatic N) is 2. The molecule has 0 aliphatic carbocycles. The molecule has 196 valence electrons. The molecular weight excluding hydrogens is 517 g/mol. The highest BCUT2D eigenvalue weighted by Gasteiger charge is 2.32. The maximum atomic E-state index is 13.0. The van der Waals surface area contributed by atoms with Crippen molar-refractivity contribution in [1.82, 2.24) is 4.90 Å². The van der Waals surface area contributed by atoms with Crippen molar-refractivity contribution in [3.8, 4) is 5.75 Å². The van der Waals surface area contributed by atoms with Gasteiger partial charge in [-0.2, -0.15) is 21.6 Å². The molecule has 0 bridgehead atoms. The molecule has 0 N–H and O–H groups in total. The van der Waals surface area contributed by atoms with E-state index in [1.807, 2.05) is 0 Å². The molecule has 0 aliphatic heterocycles. The Bertz CT molecular complexity index is 1360. The molecule has 13 heteroatoms. The topological polar surface area (TPSA) is 116 Å². The highest BCUT2D eigenvalue weighted by Crippen LogP contribution is 2.31. The summed E-state index contributed by atoms with van der Waals surface area (Å²) in [5.74, 6) is -0.536. The van der Waals surface area contributed by atoms with Crippen LogP contribution in [-0.2, 0) is 27.6 Å². The van der Waals surface area contributed by atoms with Gasteiger partial charge in [-0.3, -0.25) is 14.9 Å². The van der Waals surface area contributed by atoms with E-state index in [1.54, 1.807) is 0 Å². The zero-order chi connectivity index (χ0) is 27.2. The van der Waals surface area contributed by atoms with Gasteiger partial charge in [-0.25, -0.2) is 0 Å². The molecule has 0 aromatic heterocycles. The second kappa shape index (κ2) is 11.4. The van der Waals surface area contributed by atoms with E-state index in [2.05, 4.69) is 0 Å². The molecule has 0 unspecified atom stereocenters. The molecule has 0 saturated carbocycles. The fourth-order valence-corrected chi connectivity index (χ4v) is 4.21. The summed E-state index contributed by atoms with van der Waals surface area (Å²) in [5.41, 5.74) is -0.457. The van der Waals surface area contributed by atoms with Gasteiger partial charge in [0.1, 0.15) is 10.6 Å². The van der Waals surface area contributed by atoms with Crippen molar-refractivity contribution in [3.05, 3.63) is 99.6 Å². The average molecular weight is 539 g/mol. The quantitative estimate of drug-likeness (QED) is 0.209. The molecule has 3 aromatic rings. The lowest BCUT2D eigenvalue weighted by Gasteiger charge is -2.23. The van der Waals surface area contributed by atoms with Crippen LogP contribution in [0.5, 0.6) is 5.75 Å². The number of benzene rings is 3. The minimum Gasteiger partial charge on any atom is -0.383 e. The summed E-state index contributed by atoms with van der Waals surface area (Å²) in [6.45, 7) is 0.517. The summed E-state index contributed by atoms with van der Waals surface area (Å²) >= 11 is 0. The minimum atomic E-state index is -4.71. The Labute approximate surface area is 210 Å². The summed E-state index contributed by atoms with van der Waals surface area (Å²) in [5, 5.41) is 10.8. The van der Waals surface area contributed by atoms with Gasteiger partial charge in [-0.15, -0.1) is 0 Å². The van der Waals surface area contributed by atoms with Gasteiger partial charge in [-0.1, -0.05) is 18.2 Å². The Hall–Kier alpha value is -3.97. The molecule has 1 amide bonds. The Kier molecular flexibility index (Phi) is 8.50. The van der Waals surface area contributed by atoms with E-state index in [0.717, 1.165) is 18.2 Å². The first-order valence-corrected chi connectivity index (χ1v) is 12.0. The van der Waals surface area contributed by atoms with Crippen molar-refractivity contribution >= 4 is 21.7 Å². The zero-order valence-corrected chi connectivity index (χ0v) is 20.2. The fourth-order valence-electron chi connectivity index (χ4n) is 3.24. The van der Waals surface area contributed by atoms with Crippen LogP contribution in [0.2, 0.25) is 0 Å². The number of carbonyl (C=O) groups excluding carboxylic acids is 1. The minimum absolute atomic E-state index is 0.0971. The van der Waals surface area contributed by atoms with Crippen molar-refractivity contribution < 1.29 is 40.2 Å². The Morgan fingerprint density at radius 1 is 1.03 bits per heavy atom. The van der Waals surface area contributed by atoms with Crippen molar-refractivity contribution in [2.24, 2.45) is 0 Å². The van der Waals surface area contributed by atoms with Crippen LogP contribution in [0, 0.1) is 10.1 Å². The number of non-ortho nitro benzene ring substituents is 1. The number of carbonyl (C=O) groups is 1. The number of nitro groups is 1. The highest BCUT2D eigenvalue weighted by molar-refractivity contribution is 7.87. The molecule has 0 saturated heterocycles. The number of ether oxygens (including phenoxy) is 1. The first kappa shape index (κ1) is 27.6. The molecule has 37 heavy (non-hydrogen) atoms. The van der Waals surface area contributed by atoms with Crippen molar-refractivity contribution in [2.75, 3.05) is 20.3 Å². The summed E-state index contributed by atoms with van der Waals surface area (Å²) in [7, 11) is -3.07. The van der Waals surface area contributed by atoms with E-state index >= 15 is 0 Å². The van der Waals surface area contributed by atoms with Gasteiger partial charge in [0.25, 0.3) is 11.6 Å². The molecule has 0 fully saturated rings. The number of halogens is 3. The fraction of sp³-hybridized carbons (Fsp3) is 0.208. The largest absolute Gasteiger partial charge is 0.416 e. The van der Waals surface area contributed by atoms with Crippen LogP contribution in [-0.4, -0.2) is 44.4 Å². The Morgan fingerprint density at radius 2 is 1.68 bits per heavy atom. The Balaban J connectivity index is 1.74. The van der Waals surface area contributed by atoms with Crippen LogP contribution in [0.4, 0.5) is 18.9 Å². The third-order valence-corrected chi connectivity index (χ3v) is 6.37. The standard InChI is InChI=1S/C24H21F3N2O7S/c1-35-14-13-28(23(30)18-7-9-20(10-8-18)29(31)32)16-17-5-11-21(12-6-17)36-37(33,34)22-4-2-3-19(15-22)24(25,26)27/h2-12,15H,13-14,16H2,1H3. The van der Waals surface area contributed by atoms with Crippen molar-refractivity contribution in [2.45, 2.75) is 17.6 Å². The summed E-state index contributed by atoms with van der Waals surface area (Å²) < 4.78 is 73.8. The molecule has 0 aliphatic rings. The van der Waals surface area contributed by atoms with Crippen LogP contribution in [0.15, 0.2) is 77.7 Å².